The predicted octanol–water partition coefficient (Wildman–Crippen LogP) is 7.35. The Labute approximate surface area is 195 Å². The summed E-state index contributed by atoms with van der Waals surface area (Å²) in [5, 5.41) is 1.76. The number of carbonyl (C=O) groups is 2. The minimum absolute atomic E-state index is 0.0278. The molecule has 1 heterocycles. The number of thioether (sulfide) groups is 1. The van der Waals surface area contributed by atoms with E-state index in [-0.39, 0.29) is 22.6 Å². The Balaban J connectivity index is 1.95. The first-order valence-electron chi connectivity index (χ1n) is 11.2. The second-order valence-electron chi connectivity index (χ2n) is 10.5. The Hall–Kier alpha value is -2.59. The van der Waals surface area contributed by atoms with Crippen molar-refractivity contribution in [3.05, 3.63) is 70.8 Å². The average molecular weight is 446 g/mol. The van der Waals surface area contributed by atoms with Crippen molar-refractivity contribution in [1.29, 1.82) is 0 Å². The zero-order valence-corrected chi connectivity index (χ0v) is 20.8. The van der Waals surface area contributed by atoms with Crippen LogP contribution in [-0.2, 0) is 10.8 Å². The molecule has 4 heteroatoms. The number of imide groups is 1. The van der Waals surface area contributed by atoms with E-state index in [1.165, 1.54) is 10.5 Å². The maximum absolute atomic E-state index is 13.7. The highest BCUT2D eigenvalue weighted by Gasteiger charge is 2.37. The van der Waals surface area contributed by atoms with Crippen molar-refractivity contribution in [1.82, 2.24) is 0 Å². The van der Waals surface area contributed by atoms with Crippen LogP contribution < -0.4 is 4.90 Å². The van der Waals surface area contributed by atoms with Crippen molar-refractivity contribution in [3.63, 3.8) is 0 Å². The second-order valence-corrected chi connectivity index (χ2v) is 11.8. The fourth-order valence-electron chi connectivity index (χ4n) is 4.37. The lowest BCUT2D eigenvalue weighted by Crippen LogP contribution is -2.41. The Morgan fingerprint density at radius 2 is 1.47 bits per heavy atom. The van der Waals surface area contributed by atoms with E-state index in [1.54, 1.807) is 11.8 Å². The third kappa shape index (κ3) is 3.65. The molecule has 1 aliphatic rings. The molecule has 3 aromatic rings. The lowest BCUT2D eigenvalue weighted by molar-refractivity contribution is 0.0893. The lowest BCUT2D eigenvalue weighted by atomic mass is 9.79. The Bertz CT molecular complexity index is 1220. The lowest BCUT2D eigenvalue weighted by Gasteiger charge is -2.33. The van der Waals surface area contributed by atoms with Gasteiger partial charge in [0.2, 0.25) is 0 Å². The van der Waals surface area contributed by atoms with Gasteiger partial charge in [0, 0.05) is 21.4 Å². The van der Waals surface area contributed by atoms with E-state index in [4.69, 9.17) is 0 Å². The molecule has 0 saturated carbocycles. The van der Waals surface area contributed by atoms with Gasteiger partial charge in [-0.25, -0.2) is 4.90 Å². The van der Waals surface area contributed by atoms with Crippen LogP contribution in [0.1, 0.15) is 80.3 Å². The van der Waals surface area contributed by atoms with Crippen molar-refractivity contribution in [2.45, 2.75) is 64.2 Å². The summed E-state index contributed by atoms with van der Waals surface area (Å²) in [5.74, 6) is 0.434. The van der Waals surface area contributed by atoms with Crippen LogP contribution >= 0.6 is 11.8 Å². The van der Waals surface area contributed by atoms with Crippen LogP contribution in [0, 0.1) is 0 Å². The van der Waals surface area contributed by atoms with Gasteiger partial charge in [-0.2, -0.15) is 0 Å². The predicted molar refractivity (Wildman–Crippen MR) is 135 cm³/mol. The molecule has 0 aromatic heterocycles. The zero-order valence-electron chi connectivity index (χ0n) is 20.0. The SMILES string of the molecule is CCSc1ccc2c3c(cccc13)C(=O)N(c1ccc(C(C)(C)C)cc1C(C)(C)C)C2=O. The van der Waals surface area contributed by atoms with Crippen LogP contribution in [0.3, 0.4) is 0 Å². The van der Waals surface area contributed by atoms with E-state index < -0.39 is 0 Å². The Morgan fingerprint density at radius 3 is 2.06 bits per heavy atom. The summed E-state index contributed by atoms with van der Waals surface area (Å²) in [6, 6.07) is 15.8. The summed E-state index contributed by atoms with van der Waals surface area (Å²) in [6.07, 6.45) is 0. The van der Waals surface area contributed by atoms with Gasteiger partial charge in [0.15, 0.2) is 0 Å². The Morgan fingerprint density at radius 1 is 0.812 bits per heavy atom. The third-order valence-electron chi connectivity index (χ3n) is 6.08. The summed E-state index contributed by atoms with van der Waals surface area (Å²) in [7, 11) is 0. The molecule has 0 atom stereocenters. The van der Waals surface area contributed by atoms with Crippen molar-refractivity contribution in [2.75, 3.05) is 10.7 Å². The second kappa shape index (κ2) is 7.77. The molecule has 3 nitrogen and oxygen atoms in total. The molecule has 0 radical (unpaired) electrons. The van der Waals surface area contributed by atoms with Crippen molar-refractivity contribution in [2.24, 2.45) is 0 Å². The smallest absolute Gasteiger partial charge is 0.265 e. The molecule has 0 spiro atoms. The van der Waals surface area contributed by atoms with Gasteiger partial charge >= 0.3 is 0 Å². The van der Waals surface area contributed by atoms with Crippen molar-refractivity contribution < 1.29 is 9.59 Å². The largest absolute Gasteiger partial charge is 0.268 e. The first-order valence-corrected chi connectivity index (χ1v) is 12.2. The molecule has 0 unspecified atom stereocenters. The molecule has 166 valence electrons. The molecule has 0 saturated heterocycles. The van der Waals surface area contributed by atoms with Crippen LogP contribution in [0.2, 0.25) is 0 Å². The molecule has 0 bridgehead atoms. The monoisotopic (exact) mass is 445 g/mol. The number of anilines is 1. The van der Waals surface area contributed by atoms with Gasteiger partial charge in [-0.3, -0.25) is 9.59 Å². The van der Waals surface area contributed by atoms with Crippen molar-refractivity contribution in [3.8, 4) is 0 Å². The first-order chi connectivity index (χ1) is 14.9. The van der Waals surface area contributed by atoms with Gasteiger partial charge in [0.05, 0.1) is 5.69 Å². The quantitative estimate of drug-likeness (QED) is 0.312. The topological polar surface area (TPSA) is 37.4 Å². The number of rotatable bonds is 3. The van der Waals surface area contributed by atoms with Crippen LogP contribution in [-0.4, -0.2) is 17.6 Å². The number of hydrogen-bond donors (Lipinski definition) is 0. The zero-order chi connectivity index (χ0) is 23.4. The normalized spacial score (nSPS) is 14.4. The van der Waals surface area contributed by atoms with E-state index in [9.17, 15) is 9.59 Å². The van der Waals surface area contributed by atoms with Crippen LogP contribution in [0.25, 0.3) is 10.8 Å². The fraction of sp³-hybridized carbons (Fsp3) is 0.357. The van der Waals surface area contributed by atoms with Crippen molar-refractivity contribution >= 4 is 40.0 Å². The first kappa shape index (κ1) is 22.6. The molecule has 2 amide bonds. The van der Waals surface area contributed by atoms with Gasteiger partial charge in [0.1, 0.15) is 0 Å². The highest BCUT2D eigenvalue weighted by molar-refractivity contribution is 7.99. The summed E-state index contributed by atoms with van der Waals surface area (Å²) < 4.78 is 0. The summed E-state index contributed by atoms with van der Waals surface area (Å²) in [6.45, 7) is 15.0. The molecular weight excluding hydrogens is 414 g/mol. The molecular formula is C28H31NO2S. The number of nitrogens with zero attached hydrogens (tertiary/aromatic N) is 1. The highest BCUT2D eigenvalue weighted by atomic mass is 32.2. The molecule has 0 N–H and O–H groups in total. The van der Waals surface area contributed by atoms with E-state index in [2.05, 4.69) is 54.5 Å². The Kier molecular flexibility index (Phi) is 5.49. The molecule has 1 aliphatic heterocycles. The average Bonchev–Trinajstić information content (AvgIpc) is 2.71. The van der Waals surface area contributed by atoms with E-state index in [0.29, 0.717) is 16.8 Å². The summed E-state index contributed by atoms with van der Waals surface area (Å²) >= 11 is 1.73. The highest BCUT2D eigenvalue weighted by Crippen LogP contribution is 2.41. The molecule has 0 aliphatic carbocycles. The van der Waals surface area contributed by atoms with Gasteiger partial charge in [-0.15, -0.1) is 11.8 Å². The van der Waals surface area contributed by atoms with E-state index >= 15 is 0 Å². The third-order valence-corrected chi connectivity index (χ3v) is 7.03. The molecule has 0 fully saturated rings. The molecule has 4 rings (SSSR count). The molecule has 32 heavy (non-hydrogen) atoms. The van der Waals surface area contributed by atoms with E-state index in [0.717, 1.165) is 27.0 Å². The number of carbonyl (C=O) groups excluding carboxylic acids is 2. The van der Waals surface area contributed by atoms with Gasteiger partial charge in [0.25, 0.3) is 11.8 Å². The molecule has 3 aromatic carbocycles. The summed E-state index contributed by atoms with van der Waals surface area (Å²) in [5.41, 5.74) is 3.79. The summed E-state index contributed by atoms with van der Waals surface area (Å²) in [4.78, 5) is 30.0. The fourth-order valence-corrected chi connectivity index (χ4v) is 5.17. The number of amides is 2. The number of benzene rings is 3. The standard InChI is InChI=1S/C28H31NO2S/c1-8-32-23-15-13-20-24-18(23)10-9-11-19(24)25(30)29(26(20)31)22-14-12-17(27(2,3)4)16-21(22)28(5,6)7/h9-16H,8H2,1-7H3. The van der Waals surface area contributed by atoms with Gasteiger partial charge < -0.3 is 0 Å². The van der Waals surface area contributed by atoms with E-state index in [1.807, 2.05) is 42.5 Å². The van der Waals surface area contributed by atoms with Crippen LogP contribution in [0.5, 0.6) is 0 Å². The van der Waals surface area contributed by atoms with Gasteiger partial charge in [-0.1, -0.05) is 72.7 Å². The minimum atomic E-state index is -0.249. The maximum Gasteiger partial charge on any atom is 0.265 e. The number of hydrogen-bond acceptors (Lipinski definition) is 3. The minimum Gasteiger partial charge on any atom is -0.268 e. The maximum atomic E-state index is 13.7. The van der Waals surface area contributed by atoms with Gasteiger partial charge in [-0.05, 0) is 57.4 Å². The van der Waals surface area contributed by atoms with Crippen LogP contribution in [0.4, 0.5) is 5.69 Å². The van der Waals surface area contributed by atoms with Crippen LogP contribution in [0.15, 0.2) is 53.4 Å².